The zero-order valence-corrected chi connectivity index (χ0v) is 16.8. The summed E-state index contributed by atoms with van der Waals surface area (Å²) in [5.41, 5.74) is 0.227. The van der Waals surface area contributed by atoms with Crippen molar-refractivity contribution < 1.29 is 19.0 Å². The van der Waals surface area contributed by atoms with Crippen LogP contribution in [-0.4, -0.2) is 34.7 Å². The number of hydrogen-bond acceptors (Lipinski definition) is 7. The lowest BCUT2D eigenvalue weighted by Crippen LogP contribution is -2.26. The van der Waals surface area contributed by atoms with E-state index in [9.17, 15) is 9.59 Å². The van der Waals surface area contributed by atoms with E-state index < -0.39 is 11.5 Å². The van der Waals surface area contributed by atoms with Crippen LogP contribution >= 0.6 is 11.6 Å². The van der Waals surface area contributed by atoms with Crippen LogP contribution in [0.2, 0.25) is 5.02 Å². The number of carbonyl (C=O) groups is 1. The number of methoxy groups -OCH3 is 1. The lowest BCUT2D eigenvalue weighted by atomic mass is 10.2. The minimum absolute atomic E-state index is 0.163. The van der Waals surface area contributed by atoms with Gasteiger partial charge in [-0.3, -0.25) is 4.79 Å². The second-order valence-corrected chi connectivity index (χ2v) is 6.57. The molecule has 0 amide bonds. The molecule has 9 heteroatoms. The van der Waals surface area contributed by atoms with Crippen LogP contribution < -0.4 is 15.0 Å². The number of carbonyl (C=O) groups excluding carboxylic acids is 1. The van der Waals surface area contributed by atoms with E-state index in [-0.39, 0.29) is 17.3 Å². The summed E-state index contributed by atoms with van der Waals surface area (Å²) in [5, 5.41) is 8.35. The fourth-order valence-corrected chi connectivity index (χ4v) is 2.87. The topological polar surface area (TPSA) is 92.5 Å². The van der Waals surface area contributed by atoms with Crippen molar-refractivity contribution in [3.05, 3.63) is 57.3 Å². The number of aromatic nitrogens is 3. The molecule has 0 spiro atoms. The molecule has 0 fully saturated rings. The summed E-state index contributed by atoms with van der Waals surface area (Å²) in [5.74, 6) is 0.00571. The van der Waals surface area contributed by atoms with E-state index in [1.165, 1.54) is 19.2 Å². The zero-order valence-electron chi connectivity index (χ0n) is 16.1. The van der Waals surface area contributed by atoms with E-state index in [0.29, 0.717) is 29.0 Å². The molecule has 8 nitrogen and oxygen atoms in total. The standard InChI is InChI=1S/C20H20ClN3O5/c1-3-4-9-28-18-15(21)10-13(11-17(18)27-2)20(26)29-12-24-19(25)14-7-5-6-8-16(14)22-23-24/h5-8,10-11H,3-4,9,12H2,1-2H3. The molecule has 29 heavy (non-hydrogen) atoms. The Kier molecular flexibility index (Phi) is 6.66. The Morgan fingerprint density at radius 2 is 2.03 bits per heavy atom. The number of hydrogen-bond donors (Lipinski definition) is 0. The van der Waals surface area contributed by atoms with Gasteiger partial charge in [0.1, 0.15) is 5.52 Å². The van der Waals surface area contributed by atoms with Gasteiger partial charge in [0.25, 0.3) is 5.56 Å². The van der Waals surface area contributed by atoms with Gasteiger partial charge in [0.2, 0.25) is 0 Å². The maximum Gasteiger partial charge on any atom is 0.340 e. The lowest BCUT2D eigenvalue weighted by molar-refractivity contribution is 0.0335. The van der Waals surface area contributed by atoms with Crippen molar-refractivity contribution >= 4 is 28.5 Å². The molecule has 1 aromatic heterocycles. The van der Waals surface area contributed by atoms with Crippen LogP contribution in [0.25, 0.3) is 10.9 Å². The van der Waals surface area contributed by atoms with Gasteiger partial charge in [0, 0.05) is 0 Å². The van der Waals surface area contributed by atoms with Crippen molar-refractivity contribution in [2.24, 2.45) is 0 Å². The van der Waals surface area contributed by atoms with Gasteiger partial charge in [-0.2, -0.15) is 4.68 Å². The quantitative estimate of drug-likeness (QED) is 0.409. The van der Waals surface area contributed by atoms with Crippen LogP contribution in [0.5, 0.6) is 11.5 Å². The molecule has 1 heterocycles. The maximum atomic E-state index is 12.4. The fraction of sp³-hybridized carbons (Fsp3) is 0.300. The average Bonchev–Trinajstić information content (AvgIpc) is 2.74. The lowest BCUT2D eigenvalue weighted by Gasteiger charge is -2.14. The highest BCUT2D eigenvalue weighted by molar-refractivity contribution is 6.32. The van der Waals surface area contributed by atoms with Crippen LogP contribution in [-0.2, 0) is 11.5 Å². The van der Waals surface area contributed by atoms with Gasteiger partial charge in [0.05, 0.1) is 29.7 Å². The van der Waals surface area contributed by atoms with Gasteiger partial charge < -0.3 is 14.2 Å². The van der Waals surface area contributed by atoms with Crippen molar-refractivity contribution in [2.45, 2.75) is 26.5 Å². The normalized spacial score (nSPS) is 10.7. The summed E-state index contributed by atoms with van der Waals surface area (Å²) in [4.78, 5) is 24.9. The molecule has 0 aliphatic carbocycles. The molecule has 3 aromatic rings. The summed E-state index contributed by atoms with van der Waals surface area (Å²) in [6.45, 7) is 2.15. The Morgan fingerprint density at radius 1 is 1.24 bits per heavy atom. The van der Waals surface area contributed by atoms with Crippen molar-refractivity contribution in [2.75, 3.05) is 13.7 Å². The molecule has 3 rings (SSSR count). The Morgan fingerprint density at radius 3 is 2.79 bits per heavy atom. The zero-order chi connectivity index (χ0) is 20.8. The molecule has 0 unspecified atom stereocenters. The van der Waals surface area contributed by atoms with E-state index in [1.54, 1.807) is 24.3 Å². The van der Waals surface area contributed by atoms with E-state index in [2.05, 4.69) is 10.3 Å². The van der Waals surface area contributed by atoms with Crippen molar-refractivity contribution in [1.82, 2.24) is 15.0 Å². The van der Waals surface area contributed by atoms with Crippen LogP contribution in [0.15, 0.2) is 41.2 Å². The van der Waals surface area contributed by atoms with Crippen LogP contribution in [0.3, 0.4) is 0 Å². The first-order valence-corrected chi connectivity index (χ1v) is 9.43. The third-order valence-corrected chi connectivity index (χ3v) is 4.44. The van der Waals surface area contributed by atoms with Crippen molar-refractivity contribution in [3.8, 4) is 11.5 Å². The summed E-state index contributed by atoms with van der Waals surface area (Å²) >= 11 is 6.25. The Bertz CT molecular complexity index is 1080. The molecule has 0 aliphatic heterocycles. The highest BCUT2D eigenvalue weighted by Gasteiger charge is 2.17. The third-order valence-electron chi connectivity index (χ3n) is 4.16. The number of halogens is 1. The third kappa shape index (κ3) is 4.65. The summed E-state index contributed by atoms with van der Waals surface area (Å²) in [6.07, 6.45) is 1.84. The summed E-state index contributed by atoms with van der Waals surface area (Å²) in [7, 11) is 1.46. The molecular formula is C20H20ClN3O5. The first kappa shape index (κ1) is 20.6. The highest BCUT2D eigenvalue weighted by Crippen LogP contribution is 2.36. The molecule has 0 saturated heterocycles. The molecule has 0 radical (unpaired) electrons. The number of fused-ring (bicyclic) bond motifs is 1. The molecular weight excluding hydrogens is 398 g/mol. The minimum atomic E-state index is -0.688. The van der Waals surface area contributed by atoms with Gasteiger partial charge in [-0.15, -0.1) is 5.10 Å². The summed E-state index contributed by atoms with van der Waals surface area (Å²) < 4.78 is 17.1. The smallest absolute Gasteiger partial charge is 0.340 e. The molecule has 0 bridgehead atoms. The number of unbranched alkanes of at least 4 members (excludes halogenated alkanes) is 1. The minimum Gasteiger partial charge on any atom is -0.493 e. The number of nitrogens with zero attached hydrogens (tertiary/aromatic N) is 3. The van der Waals surface area contributed by atoms with Gasteiger partial charge in [-0.1, -0.05) is 42.3 Å². The maximum absolute atomic E-state index is 12.4. The largest absolute Gasteiger partial charge is 0.493 e. The van der Waals surface area contributed by atoms with Crippen LogP contribution in [0, 0.1) is 0 Å². The van der Waals surface area contributed by atoms with Gasteiger partial charge in [-0.25, -0.2) is 4.79 Å². The predicted molar refractivity (Wildman–Crippen MR) is 108 cm³/mol. The van der Waals surface area contributed by atoms with E-state index in [0.717, 1.165) is 17.5 Å². The fourth-order valence-electron chi connectivity index (χ4n) is 2.61. The average molecular weight is 418 g/mol. The van der Waals surface area contributed by atoms with Crippen LogP contribution in [0.1, 0.15) is 30.1 Å². The monoisotopic (exact) mass is 417 g/mol. The van der Waals surface area contributed by atoms with Crippen molar-refractivity contribution in [1.29, 1.82) is 0 Å². The van der Waals surface area contributed by atoms with Crippen LogP contribution in [0.4, 0.5) is 0 Å². The number of rotatable bonds is 8. The number of ether oxygens (including phenoxy) is 3. The van der Waals surface area contributed by atoms with E-state index >= 15 is 0 Å². The predicted octanol–water partition coefficient (Wildman–Crippen LogP) is 3.45. The van der Waals surface area contributed by atoms with Gasteiger partial charge >= 0.3 is 5.97 Å². The first-order valence-electron chi connectivity index (χ1n) is 9.05. The number of benzene rings is 2. The Balaban J connectivity index is 1.76. The van der Waals surface area contributed by atoms with Gasteiger partial charge in [0.15, 0.2) is 18.2 Å². The Labute approximate surface area is 171 Å². The molecule has 152 valence electrons. The number of esters is 1. The molecule has 0 saturated carbocycles. The molecule has 0 N–H and O–H groups in total. The van der Waals surface area contributed by atoms with Gasteiger partial charge in [-0.05, 0) is 30.7 Å². The SMILES string of the molecule is CCCCOc1c(Cl)cc(C(=O)OCn2nnc3ccccc3c2=O)cc1OC. The molecule has 2 aromatic carbocycles. The Hall–Kier alpha value is -3.13. The molecule has 0 aliphatic rings. The summed E-state index contributed by atoms with van der Waals surface area (Å²) in [6, 6.07) is 9.70. The second-order valence-electron chi connectivity index (χ2n) is 6.16. The van der Waals surface area contributed by atoms with Crippen molar-refractivity contribution in [3.63, 3.8) is 0 Å². The first-order chi connectivity index (χ1) is 14.0. The van der Waals surface area contributed by atoms with E-state index in [4.69, 9.17) is 25.8 Å². The highest BCUT2D eigenvalue weighted by atomic mass is 35.5. The molecule has 0 atom stereocenters. The second kappa shape index (κ2) is 9.38. The van der Waals surface area contributed by atoms with E-state index in [1.807, 2.05) is 6.92 Å².